The molecule has 2 aromatic carbocycles. The Balaban J connectivity index is 1.28. The Morgan fingerprint density at radius 3 is 2.56 bits per heavy atom. The van der Waals surface area contributed by atoms with Crippen molar-refractivity contribution in [2.75, 3.05) is 54.7 Å². The molecule has 4 aliphatic heterocycles. The van der Waals surface area contributed by atoms with Gasteiger partial charge in [-0.2, -0.15) is 0 Å². The van der Waals surface area contributed by atoms with Crippen LogP contribution in [0, 0.1) is 5.92 Å². The molecule has 0 aromatic heterocycles. The highest BCUT2D eigenvalue weighted by Gasteiger charge is 2.55. The van der Waals surface area contributed by atoms with Crippen molar-refractivity contribution in [3.63, 3.8) is 0 Å². The standard InChI is InChI=1S/C33H41N5O5/c1-23(8-6-12-29(40)36-19-7-11-26(36)21-39)33(43)27-20-25(13-14-28(27)35(2)31(33)42)37-22-38(24-9-4-3-5-10-24)32(30(37)41)15-17-34-18-16-32/h3-6,8-10,13-14,20,23,26,34,39,43H,7,11-12,15-19,21-22H2,1-2H3/b8-6+/t23-,26-,33+/m0/s1. The molecule has 0 unspecified atom stereocenters. The van der Waals surface area contributed by atoms with E-state index in [0.717, 1.165) is 31.6 Å². The normalized spacial score (nSPS) is 25.8. The molecule has 3 amide bonds. The lowest BCUT2D eigenvalue weighted by atomic mass is 9.82. The highest BCUT2D eigenvalue weighted by Crippen LogP contribution is 2.47. The number of likely N-dealkylation sites (N-methyl/N-ethyl adjacent to an activating group) is 1. The summed E-state index contributed by atoms with van der Waals surface area (Å²) in [6, 6.07) is 15.3. The summed E-state index contributed by atoms with van der Waals surface area (Å²) in [4.78, 5) is 47.6. The molecule has 43 heavy (non-hydrogen) atoms. The molecule has 2 aromatic rings. The van der Waals surface area contributed by atoms with E-state index in [4.69, 9.17) is 0 Å². The molecule has 0 bridgehead atoms. The fourth-order valence-corrected chi connectivity index (χ4v) is 7.36. The summed E-state index contributed by atoms with van der Waals surface area (Å²) in [7, 11) is 1.64. The molecule has 10 nitrogen and oxygen atoms in total. The van der Waals surface area contributed by atoms with Gasteiger partial charge in [0.05, 0.1) is 25.0 Å². The molecular weight excluding hydrogens is 546 g/mol. The average Bonchev–Trinajstić information content (AvgIpc) is 3.68. The van der Waals surface area contributed by atoms with E-state index in [0.29, 0.717) is 43.0 Å². The number of carbonyl (C=O) groups is 3. The minimum absolute atomic E-state index is 0.0218. The Kier molecular flexibility index (Phi) is 7.78. The van der Waals surface area contributed by atoms with Crippen LogP contribution in [0.15, 0.2) is 60.7 Å². The average molecular weight is 588 g/mol. The maximum absolute atomic E-state index is 14.2. The zero-order chi connectivity index (χ0) is 30.4. The van der Waals surface area contributed by atoms with Crippen LogP contribution in [0.25, 0.3) is 0 Å². The molecule has 0 aliphatic carbocycles. The van der Waals surface area contributed by atoms with Crippen LogP contribution < -0.4 is 20.0 Å². The first kappa shape index (κ1) is 29.3. The highest BCUT2D eigenvalue weighted by molar-refractivity contribution is 6.09. The van der Waals surface area contributed by atoms with Crippen molar-refractivity contribution in [1.82, 2.24) is 10.2 Å². The number of aliphatic hydroxyl groups is 2. The Morgan fingerprint density at radius 1 is 1.09 bits per heavy atom. The van der Waals surface area contributed by atoms with Crippen LogP contribution >= 0.6 is 0 Å². The molecule has 4 heterocycles. The van der Waals surface area contributed by atoms with Gasteiger partial charge in [-0.3, -0.25) is 19.3 Å². The number of piperidine rings is 1. The molecule has 3 saturated heterocycles. The Hall–Kier alpha value is -3.73. The van der Waals surface area contributed by atoms with Crippen LogP contribution in [0.5, 0.6) is 0 Å². The predicted molar refractivity (Wildman–Crippen MR) is 165 cm³/mol. The second kappa shape index (κ2) is 11.4. The van der Waals surface area contributed by atoms with Crippen LogP contribution in [0.3, 0.4) is 0 Å². The topological polar surface area (TPSA) is 117 Å². The summed E-state index contributed by atoms with van der Waals surface area (Å²) in [5, 5.41) is 25.0. The maximum Gasteiger partial charge on any atom is 0.264 e. The van der Waals surface area contributed by atoms with E-state index in [1.807, 2.05) is 36.4 Å². The predicted octanol–water partition coefficient (Wildman–Crippen LogP) is 2.35. The van der Waals surface area contributed by atoms with E-state index in [1.165, 1.54) is 4.90 Å². The first-order chi connectivity index (χ1) is 20.7. The Bertz CT molecular complexity index is 1420. The summed E-state index contributed by atoms with van der Waals surface area (Å²) in [5.74, 6) is -1.14. The van der Waals surface area contributed by atoms with Crippen molar-refractivity contribution in [2.45, 2.75) is 56.2 Å². The number of rotatable bonds is 7. The van der Waals surface area contributed by atoms with E-state index < -0.39 is 23.0 Å². The summed E-state index contributed by atoms with van der Waals surface area (Å²) < 4.78 is 0. The maximum atomic E-state index is 14.2. The van der Waals surface area contributed by atoms with Gasteiger partial charge in [0.25, 0.3) is 11.8 Å². The lowest BCUT2D eigenvalue weighted by Crippen LogP contribution is -2.55. The number of hydrogen-bond acceptors (Lipinski definition) is 7. The summed E-state index contributed by atoms with van der Waals surface area (Å²) >= 11 is 0. The zero-order valence-corrected chi connectivity index (χ0v) is 24.9. The fraction of sp³-hybridized carbons (Fsp3) is 0.485. The van der Waals surface area contributed by atoms with Crippen molar-refractivity contribution in [1.29, 1.82) is 0 Å². The van der Waals surface area contributed by atoms with E-state index >= 15 is 0 Å². The van der Waals surface area contributed by atoms with Gasteiger partial charge in [-0.1, -0.05) is 37.3 Å². The van der Waals surface area contributed by atoms with Gasteiger partial charge < -0.3 is 30.2 Å². The van der Waals surface area contributed by atoms with Crippen LogP contribution in [-0.2, 0) is 20.0 Å². The van der Waals surface area contributed by atoms with Gasteiger partial charge in [-0.15, -0.1) is 0 Å². The SMILES string of the molecule is C[C@@H](/C=C/CC(=O)N1CCC[C@H]1CO)[C@]1(O)C(=O)N(C)c2ccc(N3CN(c4ccccc4)C4(CCNCC4)C3=O)cc21. The third-order valence-electron chi connectivity index (χ3n) is 9.92. The van der Waals surface area contributed by atoms with Crippen molar-refractivity contribution >= 4 is 34.8 Å². The number of hydrogen-bond donors (Lipinski definition) is 3. The molecule has 3 atom stereocenters. The molecule has 228 valence electrons. The third-order valence-corrected chi connectivity index (χ3v) is 9.92. The zero-order valence-electron chi connectivity index (χ0n) is 24.9. The van der Waals surface area contributed by atoms with Crippen LogP contribution in [0.1, 0.15) is 44.6 Å². The molecule has 1 spiro atoms. The van der Waals surface area contributed by atoms with E-state index in [-0.39, 0.29) is 30.9 Å². The largest absolute Gasteiger partial charge is 0.394 e. The Labute approximate surface area is 252 Å². The number of carbonyl (C=O) groups excluding carboxylic acids is 3. The molecule has 4 aliphatic rings. The van der Waals surface area contributed by atoms with E-state index in [1.54, 1.807) is 48.1 Å². The third kappa shape index (κ3) is 4.72. The number of fused-ring (bicyclic) bond motifs is 1. The second-order valence-corrected chi connectivity index (χ2v) is 12.2. The number of nitrogens with zero attached hydrogens (tertiary/aromatic N) is 4. The monoisotopic (exact) mass is 587 g/mol. The first-order valence-electron chi connectivity index (χ1n) is 15.3. The fourth-order valence-electron chi connectivity index (χ4n) is 7.36. The molecule has 10 heteroatoms. The lowest BCUT2D eigenvalue weighted by molar-refractivity contribution is -0.139. The van der Waals surface area contributed by atoms with Gasteiger partial charge in [0.1, 0.15) is 5.54 Å². The van der Waals surface area contributed by atoms with Gasteiger partial charge in [0, 0.05) is 42.9 Å². The van der Waals surface area contributed by atoms with Gasteiger partial charge in [0.2, 0.25) is 5.91 Å². The quantitative estimate of drug-likeness (QED) is 0.426. The van der Waals surface area contributed by atoms with E-state index in [2.05, 4.69) is 10.2 Å². The smallest absolute Gasteiger partial charge is 0.264 e. The summed E-state index contributed by atoms with van der Waals surface area (Å²) in [5.41, 5.74) is 0.152. The minimum atomic E-state index is -1.85. The first-order valence-corrected chi connectivity index (χ1v) is 15.3. The molecule has 3 N–H and O–H groups in total. The minimum Gasteiger partial charge on any atom is -0.394 e. The number of para-hydroxylation sites is 1. The van der Waals surface area contributed by atoms with Gasteiger partial charge in [-0.05, 0) is 69.1 Å². The number of benzene rings is 2. The van der Waals surface area contributed by atoms with Crippen molar-refractivity contribution in [3.05, 3.63) is 66.2 Å². The molecule has 0 saturated carbocycles. The van der Waals surface area contributed by atoms with Crippen molar-refractivity contribution in [3.8, 4) is 0 Å². The number of likely N-dealkylation sites (tertiary alicyclic amines) is 1. The number of amides is 3. The molecule has 0 radical (unpaired) electrons. The second-order valence-electron chi connectivity index (χ2n) is 12.2. The number of nitrogens with one attached hydrogen (secondary N) is 1. The lowest BCUT2D eigenvalue weighted by Gasteiger charge is -2.39. The molecule has 6 rings (SSSR count). The summed E-state index contributed by atoms with van der Waals surface area (Å²) in [6.07, 6.45) is 6.59. The van der Waals surface area contributed by atoms with Crippen LogP contribution in [0.4, 0.5) is 17.1 Å². The van der Waals surface area contributed by atoms with Gasteiger partial charge in [0.15, 0.2) is 5.60 Å². The molecule has 3 fully saturated rings. The Morgan fingerprint density at radius 2 is 1.84 bits per heavy atom. The number of aliphatic hydroxyl groups excluding tert-OH is 1. The van der Waals surface area contributed by atoms with Crippen LogP contribution in [-0.4, -0.2) is 84.4 Å². The van der Waals surface area contributed by atoms with Gasteiger partial charge in [-0.25, -0.2) is 0 Å². The highest BCUT2D eigenvalue weighted by atomic mass is 16.3. The van der Waals surface area contributed by atoms with E-state index in [9.17, 15) is 24.6 Å². The number of anilines is 3. The van der Waals surface area contributed by atoms with Gasteiger partial charge >= 0.3 is 0 Å². The summed E-state index contributed by atoms with van der Waals surface area (Å²) in [6.45, 7) is 4.21. The van der Waals surface area contributed by atoms with Crippen molar-refractivity contribution in [2.24, 2.45) is 5.92 Å². The van der Waals surface area contributed by atoms with Crippen LogP contribution in [0.2, 0.25) is 0 Å². The molecular formula is C33H41N5O5. The van der Waals surface area contributed by atoms with Crippen molar-refractivity contribution < 1.29 is 24.6 Å².